The molecule has 2 rings (SSSR count). The molecule has 0 aliphatic heterocycles. The largest absolute Gasteiger partial charge is 0.497 e. The van der Waals surface area contributed by atoms with Crippen LogP contribution >= 0.6 is 0 Å². The number of nitrogens with one attached hydrogen (secondary N) is 2. The van der Waals surface area contributed by atoms with Gasteiger partial charge in [-0.25, -0.2) is 0 Å². The molecular formula is C16H19N3O2. The van der Waals surface area contributed by atoms with Crippen LogP contribution in [0.1, 0.15) is 18.5 Å². The van der Waals surface area contributed by atoms with Crippen molar-refractivity contribution in [1.82, 2.24) is 10.3 Å². The summed E-state index contributed by atoms with van der Waals surface area (Å²) in [6.07, 6.45) is 3.52. The van der Waals surface area contributed by atoms with Crippen molar-refractivity contribution in [2.75, 3.05) is 19.0 Å². The Morgan fingerprint density at radius 3 is 2.67 bits per heavy atom. The lowest BCUT2D eigenvalue weighted by Gasteiger charge is -2.13. The minimum Gasteiger partial charge on any atom is -0.497 e. The second kappa shape index (κ2) is 7.40. The first-order valence-corrected chi connectivity index (χ1v) is 6.76. The first-order valence-electron chi connectivity index (χ1n) is 6.76. The van der Waals surface area contributed by atoms with Gasteiger partial charge in [-0.3, -0.25) is 9.78 Å². The maximum absolute atomic E-state index is 11.9. The molecule has 0 saturated heterocycles. The zero-order valence-electron chi connectivity index (χ0n) is 12.2. The molecule has 1 heterocycles. The third-order valence-corrected chi connectivity index (χ3v) is 3.13. The van der Waals surface area contributed by atoms with Gasteiger partial charge in [0.15, 0.2) is 0 Å². The molecule has 0 aliphatic rings. The van der Waals surface area contributed by atoms with E-state index in [1.807, 2.05) is 19.1 Å². The highest BCUT2D eigenvalue weighted by Gasteiger charge is 2.08. The molecule has 0 fully saturated rings. The number of amides is 1. The minimum atomic E-state index is -0.0871. The predicted octanol–water partition coefficient (Wildman–Crippen LogP) is 2.38. The van der Waals surface area contributed by atoms with Gasteiger partial charge in [-0.1, -0.05) is 6.07 Å². The van der Waals surface area contributed by atoms with Crippen molar-refractivity contribution in [3.63, 3.8) is 0 Å². The summed E-state index contributed by atoms with van der Waals surface area (Å²) in [6.45, 7) is 2.24. The van der Waals surface area contributed by atoms with Crippen LogP contribution in [0.5, 0.6) is 5.75 Å². The molecule has 2 aromatic rings. The number of aromatic nitrogens is 1. The molecule has 0 radical (unpaired) electrons. The van der Waals surface area contributed by atoms with E-state index in [4.69, 9.17) is 4.74 Å². The molecule has 0 aliphatic carbocycles. The lowest BCUT2D eigenvalue weighted by atomic mass is 10.1. The van der Waals surface area contributed by atoms with Gasteiger partial charge in [-0.2, -0.15) is 0 Å². The van der Waals surface area contributed by atoms with Crippen LogP contribution in [0.15, 0.2) is 48.8 Å². The van der Waals surface area contributed by atoms with E-state index in [-0.39, 0.29) is 18.5 Å². The summed E-state index contributed by atoms with van der Waals surface area (Å²) in [7, 11) is 1.61. The second-order valence-electron chi connectivity index (χ2n) is 4.67. The quantitative estimate of drug-likeness (QED) is 0.855. The molecule has 1 amide bonds. The van der Waals surface area contributed by atoms with E-state index in [0.29, 0.717) is 0 Å². The van der Waals surface area contributed by atoms with Gasteiger partial charge >= 0.3 is 0 Å². The van der Waals surface area contributed by atoms with Crippen LogP contribution in [0.3, 0.4) is 0 Å². The van der Waals surface area contributed by atoms with Crippen molar-refractivity contribution in [3.8, 4) is 5.75 Å². The molecular weight excluding hydrogens is 266 g/mol. The van der Waals surface area contributed by atoms with Gasteiger partial charge in [0.1, 0.15) is 5.75 Å². The van der Waals surface area contributed by atoms with Gasteiger partial charge in [0.2, 0.25) is 5.91 Å². The summed E-state index contributed by atoms with van der Waals surface area (Å²) in [5, 5.41) is 5.99. The molecule has 5 nitrogen and oxygen atoms in total. The van der Waals surface area contributed by atoms with E-state index in [2.05, 4.69) is 15.6 Å². The lowest BCUT2D eigenvalue weighted by Crippen LogP contribution is -2.30. The van der Waals surface area contributed by atoms with E-state index in [1.54, 1.807) is 43.8 Å². The van der Waals surface area contributed by atoms with Crippen LogP contribution < -0.4 is 15.4 Å². The fourth-order valence-electron chi connectivity index (χ4n) is 1.88. The first-order chi connectivity index (χ1) is 10.2. The number of nitrogens with zero attached hydrogens (tertiary/aromatic N) is 1. The molecule has 2 N–H and O–H groups in total. The normalized spacial score (nSPS) is 11.7. The molecule has 0 saturated carbocycles. The number of carbonyl (C=O) groups is 1. The molecule has 0 unspecified atom stereocenters. The Hall–Kier alpha value is -2.40. The molecule has 1 aromatic carbocycles. The van der Waals surface area contributed by atoms with Crippen LogP contribution in [0.4, 0.5) is 5.69 Å². The van der Waals surface area contributed by atoms with E-state index in [0.717, 1.165) is 17.0 Å². The number of rotatable bonds is 6. The van der Waals surface area contributed by atoms with Crippen LogP contribution in [-0.2, 0) is 4.79 Å². The van der Waals surface area contributed by atoms with Crippen molar-refractivity contribution in [1.29, 1.82) is 0 Å². The van der Waals surface area contributed by atoms with Gasteiger partial charge in [-0.15, -0.1) is 0 Å². The van der Waals surface area contributed by atoms with Gasteiger partial charge in [0, 0.05) is 24.1 Å². The molecule has 1 aromatic heterocycles. The summed E-state index contributed by atoms with van der Waals surface area (Å²) in [6, 6.07) is 11.2. The van der Waals surface area contributed by atoms with Crippen LogP contribution in [-0.4, -0.2) is 24.5 Å². The minimum absolute atomic E-state index is 0.0697. The summed E-state index contributed by atoms with van der Waals surface area (Å²) < 4.78 is 5.07. The highest BCUT2D eigenvalue weighted by molar-refractivity contribution is 5.92. The topological polar surface area (TPSA) is 63.2 Å². The Labute approximate surface area is 124 Å². The highest BCUT2D eigenvalue weighted by Crippen LogP contribution is 2.15. The highest BCUT2D eigenvalue weighted by atomic mass is 16.5. The van der Waals surface area contributed by atoms with E-state index < -0.39 is 0 Å². The summed E-state index contributed by atoms with van der Waals surface area (Å²) in [5.41, 5.74) is 1.80. The first kappa shape index (κ1) is 15.0. The average Bonchev–Trinajstić information content (AvgIpc) is 2.54. The fraction of sp³-hybridized carbons (Fsp3) is 0.250. The molecule has 0 bridgehead atoms. The molecule has 5 heteroatoms. The van der Waals surface area contributed by atoms with Crippen molar-refractivity contribution < 1.29 is 9.53 Å². The summed E-state index contributed by atoms with van der Waals surface area (Å²) in [5.74, 6) is 0.673. The molecule has 21 heavy (non-hydrogen) atoms. The predicted molar refractivity (Wildman–Crippen MR) is 82.3 cm³/mol. The maximum atomic E-state index is 11.9. The SMILES string of the molecule is COc1ccc(NC(=O)CN[C@H](C)c2cccnc2)cc1. The Kier molecular flexibility index (Phi) is 5.29. The zero-order valence-corrected chi connectivity index (χ0v) is 12.2. The van der Waals surface area contributed by atoms with Gasteiger partial charge < -0.3 is 15.4 Å². The Morgan fingerprint density at radius 2 is 2.05 bits per heavy atom. The van der Waals surface area contributed by atoms with Crippen LogP contribution in [0, 0.1) is 0 Å². The number of benzene rings is 1. The third kappa shape index (κ3) is 4.57. The number of hydrogen-bond donors (Lipinski definition) is 2. The Balaban J connectivity index is 1.81. The van der Waals surface area contributed by atoms with E-state index in [9.17, 15) is 4.79 Å². The van der Waals surface area contributed by atoms with Gasteiger partial charge in [-0.05, 0) is 42.8 Å². The second-order valence-corrected chi connectivity index (χ2v) is 4.67. The fourth-order valence-corrected chi connectivity index (χ4v) is 1.88. The number of ether oxygens (including phenoxy) is 1. The molecule has 110 valence electrons. The average molecular weight is 285 g/mol. The lowest BCUT2D eigenvalue weighted by molar-refractivity contribution is -0.115. The van der Waals surface area contributed by atoms with Crippen molar-refractivity contribution in [2.45, 2.75) is 13.0 Å². The Morgan fingerprint density at radius 1 is 1.29 bits per heavy atom. The van der Waals surface area contributed by atoms with Crippen molar-refractivity contribution >= 4 is 11.6 Å². The molecule has 0 spiro atoms. The summed E-state index contributed by atoms with van der Waals surface area (Å²) >= 11 is 0. The number of anilines is 1. The van der Waals surface area contributed by atoms with E-state index in [1.165, 1.54) is 0 Å². The number of methoxy groups -OCH3 is 1. The molecule has 1 atom stereocenters. The third-order valence-electron chi connectivity index (χ3n) is 3.13. The van der Waals surface area contributed by atoms with Crippen molar-refractivity contribution in [3.05, 3.63) is 54.4 Å². The standard InChI is InChI=1S/C16H19N3O2/c1-12(13-4-3-9-17-10-13)18-11-16(20)19-14-5-7-15(21-2)8-6-14/h3-10,12,18H,11H2,1-2H3,(H,19,20)/t12-/m1/s1. The van der Waals surface area contributed by atoms with Crippen molar-refractivity contribution in [2.24, 2.45) is 0 Å². The number of hydrogen-bond acceptors (Lipinski definition) is 4. The zero-order chi connectivity index (χ0) is 15.1. The van der Waals surface area contributed by atoms with E-state index >= 15 is 0 Å². The summed E-state index contributed by atoms with van der Waals surface area (Å²) in [4.78, 5) is 15.9. The van der Waals surface area contributed by atoms with Gasteiger partial charge in [0.25, 0.3) is 0 Å². The van der Waals surface area contributed by atoms with Gasteiger partial charge in [0.05, 0.1) is 13.7 Å². The van der Waals surface area contributed by atoms with Crippen LogP contribution in [0.2, 0.25) is 0 Å². The number of pyridine rings is 1. The number of carbonyl (C=O) groups excluding carboxylic acids is 1. The maximum Gasteiger partial charge on any atom is 0.238 e. The van der Waals surface area contributed by atoms with Crippen LogP contribution in [0.25, 0.3) is 0 Å². The monoisotopic (exact) mass is 285 g/mol. The Bertz CT molecular complexity index is 570. The smallest absolute Gasteiger partial charge is 0.238 e.